The predicted octanol–water partition coefficient (Wildman–Crippen LogP) is 1.76. The van der Waals surface area contributed by atoms with E-state index in [9.17, 15) is 9.59 Å². The van der Waals surface area contributed by atoms with E-state index in [0.29, 0.717) is 6.54 Å². The molecule has 0 spiro atoms. The average molecular weight is 263 g/mol. The summed E-state index contributed by atoms with van der Waals surface area (Å²) in [6, 6.07) is 0. The smallest absolute Gasteiger partial charge is 0.220 e. The zero-order chi connectivity index (χ0) is 14.5. The fourth-order valence-corrected chi connectivity index (χ4v) is 1.73. The summed E-state index contributed by atoms with van der Waals surface area (Å²) in [5.41, 5.74) is 1.74. The standard InChI is InChI=1S/C14H21N3O2/c1-10(18)5-6-12(19)16-8-11-7-15-9-17-13(11)14(2,3)4/h7,9H,5-6,8H2,1-4H3,(H,16,19). The Morgan fingerprint density at radius 2 is 1.95 bits per heavy atom. The molecule has 1 rings (SSSR count). The minimum absolute atomic E-state index is 0.0218. The first-order valence-corrected chi connectivity index (χ1v) is 6.36. The van der Waals surface area contributed by atoms with Crippen LogP contribution in [0.2, 0.25) is 0 Å². The lowest BCUT2D eigenvalue weighted by atomic mass is 9.89. The van der Waals surface area contributed by atoms with Crippen molar-refractivity contribution in [1.82, 2.24) is 15.3 Å². The maximum Gasteiger partial charge on any atom is 0.220 e. The van der Waals surface area contributed by atoms with Gasteiger partial charge in [-0.3, -0.25) is 4.79 Å². The lowest BCUT2D eigenvalue weighted by molar-refractivity contribution is -0.124. The van der Waals surface area contributed by atoms with Crippen LogP contribution >= 0.6 is 0 Å². The molecule has 0 aliphatic rings. The Morgan fingerprint density at radius 1 is 1.26 bits per heavy atom. The molecule has 0 atom stereocenters. The molecule has 0 unspecified atom stereocenters. The van der Waals surface area contributed by atoms with Gasteiger partial charge in [-0.15, -0.1) is 0 Å². The van der Waals surface area contributed by atoms with E-state index < -0.39 is 0 Å². The van der Waals surface area contributed by atoms with Crippen molar-refractivity contribution in [1.29, 1.82) is 0 Å². The molecule has 1 aromatic rings. The average Bonchev–Trinajstić information content (AvgIpc) is 2.33. The van der Waals surface area contributed by atoms with Gasteiger partial charge in [-0.05, 0) is 6.92 Å². The van der Waals surface area contributed by atoms with E-state index in [1.165, 1.54) is 13.3 Å². The van der Waals surface area contributed by atoms with Crippen molar-refractivity contribution in [2.24, 2.45) is 0 Å². The van der Waals surface area contributed by atoms with Gasteiger partial charge >= 0.3 is 0 Å². The number of aromatic nitrogens is 2. The molecule has 104 valence electrons. The highest BCUT2D eigenvalue weighted by Crippen LogP contribution is 2.22. The van der Waals surface area contributed by atoms with Crippen molar-refractivity contribution in [3.8, 4) is 0 Å². The van der Waals surface area contributed by atoms with Gasteiger partial charge in [-0.25, -0.2) is 9.97 Å². The van der Waals surface area contributed by atoms with Crippen molar-refractivity contribution in [2.75, 3.05) is 0 Å². The summed E-state index contributed by atoms with van der Waals surface area (Å²) < 4.78 is 0. The summed E-state index contributed by atoms with van der Waals surface area (Å²) in [5.74, 6) is -0.104. The first-order valence-electron chi connectivity index (χ1n) is 6.36. The van der Waals surface area contributed by atoms with E-state index in [2.05, 4.69) is 36.1 Å². The molecular weight excluding hydrogens is 242 g/mol. The second-order valence-electron chi connectivity index (χ2n) is 5.63. The van der Waals surface area contributed by atoms with Gasteiger partial charge in [-0.2, -0.15) is 0 Å². The van der Waals surface area contributed by atoms with Crippen LogP contribution in [0.15, 0.2) is 12.5 Å². The quantitative estimate of drug-likeness (QED) is 0.878. The maximum absolute atomic E-state index is 11.6. The van der Waals surface area contributed by atoms with Crippen molar-refractivity contribution in [3.63, 3.8) is 0 Å². The van der Waals surface area contributed by atoms with Gasteiger partial charge < -0.3 is 10.1 Å². The molecule has 0 bridgehead atoms. The summed E-state index contributed by atoms with van der Waals surface area (Å²) in [7, 11) is 0. The molecule has 1 N–H and O–H groups in total. The molecule has 0 aliphatic heterocycles. The van der Waals surface area contributed by atoms with Crippen LogP contribution in [0.3, 0.4) is 0 Å². The number of nitrogens with zero attached hydrogens (tertiary/aromatic N) is 2. The molecule has 5 heteroatoms. The predicted molar refractivity (Wildman–Crippen MR) is 72.5 cm³/mol. The third kappa shape index (κ3) is 5.16. The lowest BCUT2D eigenvalue weighted by Crippen LogP contribution is -2.26. The molecule has 1 heterocycles. The summed E-state index contributed by atoms with van der Waals surface area (Å²) in [5, 5.41) is 2.80. The first-order chi connectivity index (χ1) is 8.80. The first kappa shape index (κ1) is 15.3. The number of carbonyl (C=O) groups excluding carboxylic acids is 2. The SMILES string of the molecule is CC(=O)CCC(=O)NCc1cncnc1C(C)(C)C. The summed E-state index contributed by atoms with van der Waals surface area (Å²) in [4.78, 5) is 30.7. The molecule has 0 fully saturated rings. The van der Waals surface area contributed by atoms with Crippen molar-refractivity contribution >= 4 is 11.7 Å². The van der Waals surface area contributed by atoms with E-state index in [1.807, 2.05) is 0 Å². The van der Waals surface area contributed by atoms with Crippen molar-refractivity contribution < 1.29 is 9.59 Å². The van der Waals surface area contributed by atoms with E-state index in [0.717, 1.165) is 11.3 Å². The lowest BCUT2D eigenvalue weighted by Gasteiger charge is -2.20. The highest BCUT2D eigenvalue weighted by atomic mass is 16.2. The van der Waals surface area contributed by atoms with Gasteiger partial charge in [0.1, 0.15) is 12.1 Å². The van der Waals surface area contributed by atoms with E-state index in [1.54, 1.807) is 6.20 Å². The summed E-state index contributed by atoms with van der Waals surface area (Å²) in [6.07, 6.45) is 3.75. The molecular formula is C14H21N3O2. The van der Waals surface area contributed by atoms with E-state index in [4.69, 9.17) is 0 Å². The van der Waals surface area contributed by atoms with Crippen LogP contribution in [-0.4, -0.2) is 21.7 Å². The maximum atomic E-state index is 11.6. The Morgan fingerprint density at radius 3 is 2.53 bits per heavy atom. The number of hydrogen-bond acceptors (Lipinski definition) is 4. The fourth-order valence-electron chi connectivity index (χ4n) is 1.73. The van der Waals surface area contributed by atoms with Crippen LogP contribution < -0.4 is 5.32 Å². The Hall–Kier alpha value is -1.78. The van der Waals surface area contributed by atoms with Crippen LogP contribution in [-0.2, 0) is 21.5 Å². The molecule has 0 saturated heterocycles. The zero-order valence-corrected chi connectivity index (χ0v) is 12.0. The molecule has 1 aromatic heterocycles. The van der Waals surface area contributed by atoms with Crippen LogP contribution in [0.25, 0.3) is 0 Å². The minimum atomic E-state index is -0.126. The van der Waals surface area contributed by atoms with Crippen LogP contribution in [0.4, 0.5) is 0 Å². The molecule has 0 radical (unpaired) electrons. The highest BCUT2D eigenvalue weighted by molar-refractivity contribution is 5.83. The summed E-state index contributed by atoms with van der Waals surface area (Å²) >= 11 is 0. The van der Waals surface area contributed by atoms with Gasteiger partial charge in [0.05, 0.1) is 5.69 Å². The van der Waals surface area contributed by atoms with E-state index in [-0.39, 0.29) is 29.9 Å². The number of Topliss-reactive ketones (excluding diaryl/α,β-unsaturated/α-hetero) is 1. The number of rotatable bonds is 5. The molecule has 0 saturated carbocycles. The molecule has 0 aliphatic carbocycles. The second-order valence-corrected chi connectivity index (χ2v) is 5.63. The van der Waals surface area contributed by atoms with Crippen LogP contribution in [0.1, 0.15) is 51.8 Å². The monoisotopic (exact) mass is 263 g/mol. The van der Waals surface area contributed by atoms with Gasteiger partial charge in [0.25, 0.3) is 0 Å². The fraction of sp³-hybridized carbons (Fsp3) is 0.571. The topological polar surface area (TPSA) is 72.0 Å². The van der Waals surface area contributed by atoms with Crippen LogP contribution in [0.5, 0.6) is 0 Å². The third-order valence-electron chi connectivity index (χ3n) is 2.68. The number of ketones is 1. The molecule has 0 aromatic carbocycles. The molecule has 1 amide bonds. The van der Waals surface area contributed by atoms with Crippen LogP contribution in [0, 0.1) is 0 Å². The minimum Gasteiger partial charge on any atom is -0.352 e. The Bertz CT molecular complexity index is 464. The summed E-state index contributed by atoms with van der Waals surface area (Å²) in [6.45, 7) is 8.07. The number of hydrogen-bond donors (Lipinski definition) is 1. The highest BCUT2D eigenvalue weighted by Gasteiger charge is 2.19. The Kier molecular flexibility index (Phi) is 5.15. The zero-order valence-electron chi connectivity index (χ0n) is 12.0. The van der Waals surface area contributed by atoms with E-state index >= 15 is 0 Å². The number of carbonyl (C=O) groups is 2. The second kappa shape index (κ2) is 6.41. The third-order valence-corrected chi connectivity index (χ3v) is 2.68. The van der Waals surface area contributed by atoms with Gasteiger partial charge in [-0.1, -0.05) is 20.8 Å². The Labute approximate surface area is 113 Å². The molecule has 5 nitrogen and oxygen atoms in total. The van der Waals surface area contributed by atoms with Gasteiger partial charge in [0, 0.05) is 36.6 Å². The van der Waals surface area contributed by atoms with Gasteiger partial charge in [0.15, 0.2) is 0 Å². The van der Waals surface area contributed by atoms with Gasteiger partial charge in [0.2, 0.25) is 5.91 Å². The van der Waals surface area contributed by atoms with Crippen molar-refractivity contribution in [3.05, 3.63) is 23.8 Å². The number of nitrogens with one attached hydrogen (secondary N) is 1. The Balaban J connectivity index is 2.63. The van der Waals surface area contributed by atoms with Crippen molar-refractivity contribution in [2.45, 2.75) is 52.5 Å². The largest absolute Gasteiger partial charge is 0.352 e. The normalized spacial score (nSPS) is 11.2. The molecule has 19 heavy (non-hydrogen) atoms. The number of amides is 1.